The van der Waals surface area contributed by atoms with Crippen molar-refractivity contribution in [3.63, 3.8) is 0 Å². The highest BCUT2D eigenvalue weighted by Gasteiger charge is 2.31. The van der Waals surface area contributed by atoms with E-state index in [1.807, 2.05) is 11.6 Å². The van der Waals surface area contributed by atoms with Gasteiger partial charge in [0.05, 0.1) is 16.9 Å². The van der Waals surface area contributed by atoms with Gasteiger partial charge in [-0.05, 0) is 66.2 Å². The van der Waals surface area contributed by atoms with E-state index >= 15 is 0 Å². The van der Waals surface area contributed by atoms with Crippen molar-refractivity contribution in [3.8, 4) is 0 Å². The number of para-hydroxylation sites is 1. The van der Waals surface area contributed by atoms with E-state index in [9.17, 15) is 36.1 Å². The Morgan fingerprint density at radius 2 is 1.65 bits per heavy atom. The normalized spacial score (nSPS) is 11.5. The molecule has 0 fully saturated rings. The molecule has 40 heavy (non-hydrogen) atoms. The molecular weight excluding hydrogens is 549 g/mol. The number of carbonyl (C=O) groups excluding carboxylic acids is 2. The molecule has 0 aromatic heterocycles. The number of alkyl halides is 3. The molecule has 3 rings (SSSR count). The number of sulfonamides is 1. The smallest absolute Gasteiger partial charge is 0.343 e. The number of nitroso groups, excluding NO2 is 1. The van der Waals surface area contributed by atoms with Crippen molar-refractivity contribution in [1.29, 1.82) is 0 Å². The number of hydrogen-bond acceptors (Lipinski definition) is 7. The standard InChI is InChI=1S/C27H27F3N4O5S/c1-3-4-5-10-25(35)33-40(38,39)24-9-7-6-8-21(24)31-26(36)18-11-14-20(15-12-18)34(2)23-16-13-19(27(28,29)30)17-22(23)32-37/h6-9,11-17H,3-5,10H2,1-2H3,(H,31,36)(H,33,35). The van der Waals surface area contributed by atoms with Crippen molar-refractivity contribution in [3.05, 3.63) is 82.8 Å². The van der Waals surface area contributed by atoms with Crippen LogP contribution in [0, 0.1) is 4.91 Å². The number of amides is 2. The van der Waals surface area contributed by atoms with Crippen LogP contribution in [0.4, 0.5) is 35.9 Å². The average molecular weight is 577 g/mol. The Bertz CT molecular complexity index is 1490. The van der Waals surface area contributed by atoms with Gasteiger partial charge in [0.1, 0.15) is 10.6 Å². The molecule has 0 saturated carbocycles. The molecule has 0 heterocycles. The first-order valence-corrected chi connectivity index (χ1v) is 13.7. The van der Waals surface area contributed by atoms with Crippen molar-refractivity contribution < 1.29 is 31.2 Å². The lowest BCUT2D eigenvalue weighted by molar-refractivity contribution is -0.137. The molecule has 0 aliphatic carbocycles. The van der Waals surface area contributed by atoms with Gasteiger partial charge in [-0.15, -0.1) is 4.91 Å². The first kappa shape index (κ1) is 30.3. The van der Waals surface area contributed by atoms with Gasteiger partial charge in [-0.2, -0.15) is 13.2 Å². The number of unbranched alkanes of at least 4 members (excludes halogenated alkanes) is 2. The van der Waals surface area contributed by atoms with Crippen molar-refractivity contribution in [2.24, 2.45) is 5.18 Å². The molecule has 0 spiro atoms. The third-order valence-corrected chi connectivity index (χ3v) is 7.39. The lowest BCUT2D eigenvalue weighted by Crippen LogP contribution is -2.31. The van der Waals surface area contributed by atoms with E-state index in [0.717, 1.165) is 25.0 Å². The summed E-state index contributed by atoms with van der Waals surface area (Å²) in [5.74, 6) is -1.29. The minimum atomic E-state index is -4.64. The van der Waals surface area contributed by atoms with Crippen LogP contribution in [-0.4, -0.2) is 27.3 Å². The van der Waals surface area contributed by atoms with Gasteiger partial charge >= 0.3 is 6.18 Å². The first-order chi connectivity index (χ1) is 18.9. The zero-order chi connectivity index (χ0) is 29.5. The minimum absolute atomic E-state index is 0.0333. The van der Waals surface area contributed by atoms with Gasteiger partial charge in [0.15, 0.2) is 0 Å². The van der Waals surface area contributed by atoms with E-state index in [-0.39, 0.29) is 28.3 Å². The molecule has 3 aromatic carbocycles. The topological polar surface area (TPSA) is 125 Å². The van der Waals surface area contributed by atoms with Gasteiger partial charge in [-0.1, -0.05) is 31.9 Å². The summed E-state index contributed by atoms with van der Waals surface area (Å²) in [6.07, 6.45) is -2.37. The van der Waals surface area contributed by atoms with Crippen LogP contribution in [0.5, 0.6) is 0 Å². The third kappa shape index (κ3) is 7.44. The summed E-state index contributed by atoms with van der Waals surface area (Å²) in [6.45, 7) is 1.96. The molecule has 2 N–H and O–H groups in total. The van der Waals surface area contributed by atoms with Crippen LogP contribution in [0.25, 0.3) is 0 Å². The number of benzene rings is 3. The maximum absolute atomic E-state index is 13.0. The fraction of sp³-hybridized carbons (Fsp3) is 0.259. The van der Waals surface area contributed by atoms with Crippen LogP contribution in [0.2, 0.25) is 0 Å². The second-order valence-corrected chi connectivity index (χ2v) is 10.5. The SMILES string of the molecule is CCCCCC(=O)NS(=O)(=O)c1ccccc1NC(=O)c1ccc(N(C)c2ccc(C(F)(F)F)cc2N=O)cc1. The predicted molar refractivity (Wildman–Crippen MR) is 145 cm³/mol. The van der Waals surface area contributed by atoms with Crippen LogP contribution >= 0.6 is 0 Å². The van der Waals surface area contributed by atoms with E-state index < -0.39 is 39.3 Å². The largest absolute Gasteiger partial charge is 0.416 e. The van der Waals surface area contributed by atoms with Crippen LogP contribution < -0.4 is 14.9 Å². The molecule has 0 atom stereocenters. The monoisotopic (exact) mass is 576 g/mol. The van der Waals surface area contributed by atoms with Gasteiger partial charge in [-0.25, -0.2) is 13.1 Å². The van der Waals surface area contributed by atoms with Crippen LogP contribution in [0.1, 0.15) is 48.5 Å². The average Bonchev–Trinajstić information content (AvgIpc) is 2.92. The van der Waals surface area contributed by atoms with Gasteiger partial charge in [-0.3, -0.25) is 9.59 Å². The molecule has 0 unspecified atom stereocenters. The highest BCUT2D eigenvalue weighted by molar-refractivity contribution is 7.90. The number of carbonyl (C=O) groups is 2. The number of nitrogens with zero attached hydrogens (tertiary/aromatic N) is 2. The van der Waals surface area contributed by atoms with E-state index in [1.165, 1.54) is 60.5 Å². The van der Waals surface area contributed by atoms with Crippen LogP contribution in [0.15, 0.2) is 76.8 Å². The van der Waals surface area contributed by atoms with Gasteiger partial charge in [0.2, 0.25) is 5.91 Å². The fourth-order valence-corrected chi connectivity index (χ4v) is 5.00. The number of halogens is 3. The zero-order valence-electron chi connectivity index (χ0n) is 21.7. The Labute approximate surface area is 229 Å². The summed E-state index contributed by atoms with van der Waals surface area (Å²) < 4.78 is 66.6. The predicted octanol–water partition coefficient (Wildman–Crippen LogP) is 6.51. The minimum Gasteiger partial charge on any atom is -0.343 e. The van der Waals surface area contributed by atoms with Crippen molar-refractivity contribution >= 4 is 44.6 Å². The second-order valence-electron chi connectivity index (χ2n) is 8.83. The number of rotatable bonds is 11. The molecule has 0 radical (unpaired) electrons. The maximum atomic E-state index is 13.0. The maximum Gasteiger partial charge on any atom is 0.416 e. The molecule has 3 aromatic rings. The Morgan fingerprint density at radius 3 is 2.27 bits per heavy atom. The first-order valence-electron chi connectivity index (χ1n) is 12.2. The quantitative estimate of drug-likeness (QED) is 0.198. The molecule has 0 aliphatic heterocycles. The summed E-state index contributed by atoms with van der Waals surface area (Å²) in [7, 11) is -2.73. The highest BCUT2D eigenvalue weighted by Crippen LogP contribution is 2.38. The Hall–Kier alpha value is -4.26. The van der Waals surface area contributed by atoms with Crippen molar-refractivity contribution in [2.75, 3.05) is 17.3 Å². The van der Waals surface area contributed by atoms with Crippen molar-refractivity contribution in [2.45, 2.75) is 43.7 Å². The molecular formula is C27H27F3N4O5S. The molecule has 9 nitrogen and oxygen atoms in total. The number of hydrogen-bond donors (Lipinski definition) is 2. The summed E-state index contributed by atoms with van der Waals surface area (Å²) in [5.41, 5.74) is -0.742. The van der Waals surface area contributed by atoms with Gasteiger partial charge in [0, 0.05) is 24.7 Å². The molecule has 2 amide bonds. The summed E-state index contributed by atoms with van der Waals surface area (Å²) in [5, 5.41) is 5.25. The molecule has 212 valence electrons. The third-order valence-electron chi connectivity index (χ3n) is 5.96. The van der Waals surface area contributed by atoms with Gasteiger partial charge in [0.25, 0.3) is 15.9 Å². The summed E-state index contributed by atoms with van der Waals surface area (Å²) >= 11 is 0. The van der Waals surface area contributed by atoms with E-state index in [0.29, 0.717) is 18.2 Å². The lowest BCUT2D eigenvalue weighted by atomic mass is 10.1. The second kappa shape index (κ2) is 12.7. The molecule has 0 aliphatic rings. The Balaban J connectivity index is 1.77. The molecule has 13 heteroatoms. The number of anilines is 3. The molecule has 0 bridgehead atoms. The van der Waals surface area contributed by atoms with Crippen LogP contribution in [0.3, 0.4) is 0 Å². The van der Waals surface area contributed by atoms with Crippen molar-refractivity contribution in [1.82, 2.24) is 4.72 Å². The van der Waals surface area contributed by atoms with Crippen LogP contribution in [-0.2, 0) is 21.0 Å². The zero-order valence-corrected chi connectivity index (χ0v) is 22.5. The lowest BCUT2D eigenvalue weighted by Gasteiger charge is -2.21. The number of nitrogens with one attached hydrogen (secondary N) is 2. The van der Waals surface area contributed by atoms with E-state index in [2.05, 4.69) is 10.5 Å². The fourth-order valence-electron chi connectivity index (χ4n) is 3.82. The summed E-state index contributed by atoms with van der Waals surface area (Å²) in [4.78, 5) is 37.4. The van der Waals surface area contributed by atoms with E-state index in [1.54, 1.807) is 0 Å². The van der Waals surface area contributed by atoms with Gasteiger partial charge < -0.3 is 10.2 Å². The molecule has 0 saturated heterocycles. The highest BCUT2D eigenvalue weighted by atomic mass is 32.2. The summed E-state index contributed by atoms with van der Waals surface area (Å²) in [6, 6.07) is 14.1. The van der Waals surface area contributed by atoms with E-state index in [4.69, 9.17) is 0 Å². The Morgan fingerprint density at radius 1 is 0.975 bits per heavy atom. The Kier molecular flexibility index (Phi) is 9.64.